The van der Waals surface area contributed by atoms with Crippen LogP contribution in [0.5, 0.6) is 0 Å². The van der Waals surface area contributed by atoms with Crippen molar-refractivity contribution in [3.63, 3.8) is 0 Å². The van der Waals surface area contributed by atoms with Gasteiger partial charge in [-0.05, 0) is 53.9 Å². The van der Waals surface area contributed by atoms with E-state index in [2.05, 4.69) is 36.5 Å². The van der Waals surface area contributed by atoms with Crippen molar-refractivity contribution in [3.05, 3.63) is 59.7 Å². The molecule has 1 saturated carbocycles. The van der Waals surface area contributed by atoms with Crippen LogP contribution < -0.4 is 5.32 Å². The minimum Gasteiger partial charge on any atom is -0.480 e. The monoisotopic (exact) mass is 476 g/mol. The van der Waals surface area contributed by atoms with E-state index in [1.54, 1.807) is 0 Å². The number of carbonyl (C=O) groups is 3. The van der Waals surface area contributed by atoms with Gasteiger partial charge in [-0.25, -0.2) is 9.59 Å². The van der Waals surface area contributed by atoms with E-state index in [-0.39, 0.29) is 25.0 Å². The van der Waals surface area contributed by atoms with Crippen LogP contribution >= 0.6 is 0 Å². The molecule has 0 aromatic heterocycles. The van der Waals surface area contributed by atoms with Gasteiger partial charge in [0.05, 0.1) is 5.41 Å². The Labute approximate surface area is 205 Å². The highest BCUT2D eigenvalue weighted by Crippen LogP contribution is 2.48. The van der Waals surface area contributed by atoms with Gasteiger partial charge in [0.25, 0.3) is 0 Å². The Balaban J connectivity index is 1.19. The summed E-state index contributed by atoms with van der Waals surface area (Å²) in [4.78, 5) is 39.3. The lowest BCUT2D eigenvalue weighted by atomic mass is 9.87. The maximum absolute atomic E-state index is 13.3. The molecule has 1 aliphatic heterocycles. The Kier molecular flexibility index (Phi) is 6.26. The molecule has 2 aromatic carbocycles. The summed E-state index contributed by atoms with van der Waals surface area (Å²) in [5.41, 5.74) is 3.91. The Bertz CT molecular complexity index is 1100. The van der Waals surface area contributed by atoms with Crippen molar-refractivity contribution in [2.75, 3.05) is 19.7 Å². The highest BCUT2D eigenvalue weighted by molar-refractivity contribution is 5.90. The zero-order valence-electron chi connectivity index (χ0n) is 20.0. The number of rotatable bonds is 7. The lowest BCUT2D eigenvalue weighted by Crippen LogP contribution is -2.54. The molecule has 1 heterocycles. The molecule has 2 unspecified atom stereocenters. The first-order valence-electron chi connectivity index (χ1n) is 12.6. The maximum atomic E-state index is 13.3. The minimum absolute atomic E-state index is 0.0270. The smallest absolute Gasteiger partial charge is 0.407 e. The van der Waals surface area contributed by atoms with Crippen LogP contribution in [0.2, 0.25) is 0 Å². The molecule has 2 aliphatic carbocycles. The van der Waals surface area contributed by atoms with Crippen LogP contribution in [-0.4, -0.2) is 53.7 Å². The third-order valence-electron chi connectivity index (χ3n) is 8.06. The standard InChI is InChI=1S/C28H32N2O5/c1-2-18-11-14-30(24(15-18)25(31)32)26(33)28(12-13-28)17-29-27(34)35-16-23-21-9-5-3-7-19(21)20-8-4-6-10-22(20)23/h3-10,18,23-24H,2,11-17H2,1H3,(H,29,34)(H,31,32). The van der Waals surface area contributed by atoms with Gasteiger partial charge in [-0.3, -0.25) is 4.79 Å². The molecule has 2 amide bonds. The quantitative estimate of drug-likeness (QED) is 0.617. The average Bonchev–Trinajstić information content (AvgIpc) is 3.62. The van der Waals surface area contributed by atoms with Crippen LogP contribution in [0.4, 0.5) is 4.79 Å². The van der Waals surface area contributed by atoms with Gasteiger partial charge in [-0.1, -0.05) is 61.9 Å². The molecule has 3 aliphatic rings. The second kappa shape index (κ2) is 9.36. The molecular formula is C28H32N2O5. The number of ether oxygens (including phenoxy) is 1. The third kappa shape index (κ3) is 4.40. The average molecular weight is 477 g/mol. The number of alkyl carbamates (subject to hydrolysis) is 1. The van der Waals surface area contributed by atoms with Crippen molar-refractivity contribution >= 4 is 18.0 Å². The molecule has 2 fully saturated rings. The first-order valence-corrected chi connectivity index (χ1v) is 12.6. The number of carbonyl (C=O) groups excluding carboxylic acids is 2. The van der Waals surface area contributed by atoms with Crippen LogP contribution in [0.3, 0.4) is 0 Å². The fraction of sp³-hybridized carbons (Fsp3) is 0.464. The summed E-state index contributed by atoms with van der Waals surface area (Å²) in [6.45, 7) is 2.90. The number of aliphatic carboxylic acids is 1. The number of piperidine rings is 1. The van der Waals surface area contributed by atoms with Gasteiger partial charge in [0.15, 0.2) is 0 Å². The second-order valence-corrected chi connectivity index (χ2v) is 10.1. The Morgan fingerprint density at radius 3 is 2.26 bits per heavy atom. The second-order valence-electron chi connectivity index (χ2n) is 10.1. The van der Waals surface area contributed by atoms with Gasteiger partial charge in [0.2, 0.25) is 5.91 Å². The highest BCUT2D eigenvalue weighted by Gasteiger charge is 2.54. The molecule has 0 spiro atoms. The number of carboxylic acids is 1. The Morgan fingerprint density at radius 2 is 1.69 bits per heavy atom. The number of benzene rings is 2. The van der Waals surface area contributed by atoms with Crippen molar-refractivity contribution in [3.8, 4) is 11.1 Å². The first-order chi connectivity index (χ1) is 16.9. The van der Waals surface area contributed by atoms with Crippen molar-refractivity contribution in [1.82, 2.24) is 10.2 Å². The summed E-state index contributed by atoms with van der Waals surface area (Å²) in [6, 6.07) is 15.5. The summed E-state index contributed by atoms with van der Waals surface area (Å²) >= 11 is 0. The van der Waals surface area contributed by atoms with E-state index < -0.39 is 23.5 Å². The molecule has 7 nitrogen and oxygen atoms in total. The van der Waals surface area contributed by atoms with Crippen LogP contribution in [0.15, 0.2) is 48.5 Å². The summed E-state index contributed by atoms with van der Waals surface area (Å²) in [5, 5.41) is 12.5. The number of likely N-dealkylation sites (tertiary alicyclic amines) is 1. The predicted octanol–water partition coefficient (Wildman–Crippen LogP) is 4.41. The molecule has 184 valence electrons. The van der Waals surface area contributed by atoms with E-state index >= 15 is 0 Å². The summed E-state index contributed by atoms with van der Waals surface area (Å²) in [5.74, 6) is -0.801. The molecule has 7 heteroatoms. The van der Waals surface area contributed by atoms with Gasteiger partial charge in [-0.15, -0.1) is 0 Å². The largest absolute Gasteiger partial charge is 0.480 e. The molecule has 2 aromatic rings. The van der Waals surface area contributed by atoms with Crippen molar-refractivity contribution in [2.45, 2.75) is 51.0 Å². The van der Waals surface area contributed by atoms with E-state index in [1.807, 2.05) is 24.3 Å². The van der Waals surface area contributed by atoms with Gasteiger partial charge in [0.1, 0.15) is 12.6 Å². The summed E-state index contributed by atoms with van der Waals surface area (Å²) in [7, 11) is 0. The number of nitrogens with zero attached hydrogens (tertiary/aromatic N) is 1. The molecule has 1 saturated heterocycles. The lowest BCUT2D eigenvalue weighted by Gasteiger charge is -2.39. The normalized spacial score (nSPS) is 22.1. The summed E-state index contributed by atoms with van der Waals surface area (Å²) < 4.78 is 5.61. The van der Waals surface area contributed by atoms with Gasteiger partial charge >= 0.3 is 12.1 Å². The van der Waals surface area contributed by atoms with E-state index in [0.29, 0.717) is 31.7 Å². The topological polar surface area (TPSA) is 95.9 Å². The van der Waals surface area contributed by atoms with Crippen LogP contribution in [0, 0.1) is 11.3 Å². The van der Waals surface area contributed by atoms with Crippen LogP contribution in [0.1, 0.15) is 56.1 Å². The Hall–Kier alpha value is -3.35. The van der Waals surface area contributed by atoms with E-state index in [9.17, 15) is 19.5 Å². The number of fused-ring (bicyclic) bond motifs is 3. The fourth-order valence-electron chi connectivity index (χ4n) is 5.70. The van der Waals surface area contributed by atoms with Crippen LogP contribution in [-0.2, 0) is 14.3 Å². The van der Waals surface area contributed by atoms with E-state index in [0.717, 1.165) is 24.0 Å². The molecule has 5 rings (SSSR count). The van der Waals surface area contributed by atoms with Crippen LogP contribution in [0.25, 0.3) is 11.1 Å². The van der Waals surface area contributed by atoms with E-state index in [1.165, 1.54) is 16.0 Å². The number of hydrogen-bond acceptors (Lipinski definition) is 4. The molecule has 35 heavy (non-hydrogen) atoms. The van der Waals surface area contributed by atoms with Crippen molar-refractivity contribution in [1.29, 1.82) is 0 Å². The predicted molar refractivity (Wildman–Crippen MR) is 131 cm³/mol. The third-order valence-corrected chi connectivity index (χ3v) is 8.06. The zero-order valence-corrected chi connectivity index (χ0v) is 20.0. The number of hydrogen-bond donors (Lipinski definition) is 2. The number of carboxylic acid groups (broad SMARTS) is 1. The zero-order chi connectivity index (χ0) is 24.6. The molecule has 0 radical (unpaired) electrons. The van der Waals surface area contributed by atoms with Crippen molar-refractivity contribution < 1.29 is 24.2 Å². The summed E-state index contributed by atoms with van der Waals surface area (Å²) in [6.07, 6.45) is 2.98. The number of amides is 2. The lowest BCUT2D eigenvalue weighted by molar-refractivity contribution is -0.155. The van der Waals surface area contributed by atoms with Gasteiger partial charge < -0.3 is 20.1 Å². The van der Waals surface area contributed by atoms with E-state index in [4.69, 9.17) is 4.74 Å². The molecule has 2 atom stereocenters. The first kappa shape index (κ1) is 23.4. The maximum Gasteiger partial charge on any atom is 0.407 e. The number of nitrogens with one attached hydrogen (secondary N) is 1. The Morgan fingerprint density at radius 1 is 1.06 bits per heavy atom. The molecular weight excluding hydrogens is 444 g/mol. The molecule has 2 N–H and O–H groups in total. The minimum atomic E-state index is -0.947. The highest BCUT2D eigenvalue weighted by atomic mass is 16.5. The SMILES string of the molecule is CCC1CCN(C(=O)C2(CNC(=O)OCC3c4ccccc4-c4ccccc43)CC2)C(C(=O)O)C1. The van der Waals surface area contributed by atoms with Gasteiger partial charge in [-0.2, -0.15) is 0 Å². The molecule has 0 bridgehead atoms. The van der Waals surface area contributed by atoms with Crippen molar-refractivity contribution in [2.24, 2.45) is 11.3 Å². The fourth-order valence-corrected chi connectivity index (χ4v) is 5.70. The van der Waals surface area contributed by atoms with Gasteiger partial charge in [0, 0.05) is 19.0 Å².